The van der Waals surface area contributed by atoms with Crippen molar-refractivity contribution in [3.05, 3.63) is 0 Å². The van der Waals surface area contributed by atoms with Crippen LogP contribution in [0.3, 0.4) is 0 Å². The molecule has 0 spiro atoms. The van der Waals surface area contributed by atoms with Crippen molar-refractivity contribution in [2.75, 3.05) is 0 Å². The van der Waals surface area contributed by atoms with E-state index in [1.807, 2.05) is 0 Å². The summed E-state index contributed by atoms with van der Waals surface area (Å²) >= 11 is 0. The molecule has 0 aromatic rings. The molecule has 0 saturated heterocycles. The van der Waals surface area contributed by atoms with Crippen molar-refractivity contribution in [1.29, 1.82) is 0 Å². The molecule has 0 aromatic carbocycles. The molecule has 3 unspecified atom stereocenters. The first-order chi connectivity index (χ1) is 6.27. The van der Waals surface area contributed by atoms with E-state index in [0.29, 0.717) is 6.04 Å². The lowest BCUT2D eigenvalue weighted by Gasteiger charge is -2.18. The number of hydrogen-bond donors (Lipinski definition) is 1. The molecule has 0 radical (unpaired) electrons. The summed E-state index contributed by atoms with van der Waals surface area (Å²) in [7, 11) is 0. The number of nitrogens with two attached hydrogens (primary N) is 1. The van der Waals surface area contributed by atoms with E-state index < -0.39 is 0 Å². The minimum atomic E-state index is 0.497. The van der Waals surface area contributed by atoms with Gasteiger partial charge in [0.05, 0.1) is 0 Å². The number of unbranched alkanes of at least 4 members (excludes halogenated alkanes) is 1. The molecular formula is C12H25N. The normalized spacial score (nSPS) is 30.7. The van der Waals surface area contributed by atoms with Crippen molar-refractivity contribution in [2.45, 2.75) is 64.8 Å². The first-order valence-electron chi connectivity index (χ1n) is 6.03. The van der Waals surface area contributed by atoms with E-state index in [4.69, 9.17) is 5.73 Å². The SMILES string of the molecule is CCCCC(N)C1CCC(CC)C1. The monoisotopic (exact) mass is 183 g/mol. The van der Waals surface area contributed by atoms with Gasteiger partial charge in [-0.15, -0.1) is 0 Å². The van der Waals surface area contributed by atoms with Crippen LogP contribution in [0.1, 0.15) is 58.8 Å². The summed E-state index contributed by atoms with van der Waals surface area (Å²) < 4.78 is 0. The predicted molar refractivity (Wildman–Crippen MR) is 58.6 cm³/mol. The Hall–Kier alpha value is -0.0400. The van der Waals surface area contributed by atoms with Gasteiger partial charge in [-0.1, -0.05) is 39.5 Å². The van der Waals surface area contributed by atoms with E-state index in [1.54, 1.807) is 0 Å². The predicted octanol–water partition coefficient (Wildman–Crippen LogP) is 3.33. The third-order valence-electron chi connectivity index (χ3n) is 3.66. The molecule has 3 atom stereocenters. The van der Waals surface area contributed by atoms with Gasteiger partial charge in [-0.3, -0.25) is 0 Å². The van der Waals surface area contributed by atoms with Gasteiger partial charge in [0.1, 0.15) is 0 Å². The van der Waals surface area contributed by atoms with Crippen LogP contribution in [0.15, 0.2) is 0 Å². The van der Waals surface area contributed by atoms with Crippen LogP contribution in [0, 0.1) is 11.8 Å². The molecule has 1 heteroatoms. The molecule has 13 heavy (non-hydrogen) atoms. The zero-order chi connectivity index (χ0) is 9.68. The Labute approximate surface area is 83.1 Å². The van der Waals surface area contributed by atoms with Crippen molar-refractivity contribution >= 4 is 0 Å². The lowest BCUT2D eigenvalue weighted by atomic mass is 9.93. The van der Waals surface area contributed by atoms with Crippen molar-refractivity contribution in [3.8, 4) is 0 Å². The molecule has 0 aromatic heterocycles. The Kier molecular flexibility index (Phi) is 4.79. The highest BCUT2D eigenvalue weighted by atomic mass is 14.7. The lowest BCUT2D eigenvalue weighted by molar-refractivity contribution is 0.382. The van der Waals surface area contributed by atoms with Crippen LogP contribution >= 0.6 is 0 Å². The average Bonchev–Trinajstić information content (AvgIpc) is 2.62. The van der Waals surface area contributed by atoms with Crippen molar-refractivity contribution in [2.24, 2.45) is 17.6 Å². The largest absolute Gasteiger partial charge is 0.327 e. The Morgan fingerprint density at radius 2 is 2.08 bits per heavy atom. The van der Waals surface area contributed by atoms with E-state index in [9.17, 15) is 0 Å². The van der Waals surface area contributed by atoms with Crippen LogP contribution in [-0.2, 0) is 0 Å². The molecule has 1 fully saturated rings. The second kappa shape index (κ2) is 5.64. The van der Waals surface area contributed by atoms with Crippen molar-refractivity contribution in [1.82, 2.24) is 0 Å². The molecule has 1 rings (SSSR count). The zero-order valence-corrected chi connectivity index (χ0v) is 9.26. The highest BCUT2D eigenvalue weighted by molar-refractivity contribution is 4.82. The quantitative estimate of drug-likeness (QED) is 0.695. The molecule has 1 nitrogen and oxygen atoms in total. The fraction of sp³-hybridized carbons (Fsp3) is 1.00. The molecule has 1 aliphatic rings. The molecule has 78 valence electrons. The summed E-state index contributed by atoms with van der Waals surface area (Å²) in [5, 5.41) is 0. The average molecular weight is 183 g/mol. The molecule has 1 saturated carbocycles. The van der Waals surface area contributed by atoms with Gasteiger partial charge in [-0.05, 0) is 31.1 Å². The number of rotatable bonds is 5. The fourth-order valence-corrected chi connectivity index (χ4v) is 2.55. The smallest absolute Gasteiger partial charge is 0.00672 e. The second-order valence-electron chi connectivity index (χ2n) is 4.65. The maximum absolute atomic E-state index is 6.18. The maximum atomic E-state index is 6.18. The number of hydrogen-bond acceptors (Lipinski definition) is 1. The van der Waals surface area contributed by atoms with Gasteiger partial charge in [0.2, 0.25) is 0 Å². The van der Waals surface area contributed by atoms with E-state index in [2.05, 4.69) is 13.8 Å². The zero-order valence-electron chi connectivity index (χ0n) is 9.26. The summed E-state index contributed by atoms with van der Waals surface area (Å²) in [4.78, 5) is 0. The van der Waals surface area contributed by atoms with E-state index in [-0.39, 0.29) is 0 Å². The van der Waals surface area contributed by atoms with E-state index >= 15 is 0 Å². The molecular weight excluding hydrogens is 158 g/mol. The Morgan fingerprint density at radius 1 is 1.31 bits per heavy atom. The first-order valence-corrected chi connectivity index (χ1v) is 6.03. The topological polar surface area (TPSA) is 26.0 Å². The third-order valence-corrected chi connectivity index (χ3v) is 3.66. The fourth-order valence-electron chi connectivity index (χ4n) is 2.55. The molecule has 0 heterocycles. The van der Waals surface area contributed by atoms with Gasteiger partial charge in [0, 0.05) is 6.04 Å². The van der Waals surface area contributed by atoms with Gasteiger partial charge in [-0.2, -0.15) is 0 Å². The summed E-state index contributed by atoms with van der Waals surface area (Å²) in [6.45, 7) is 4.56. The second-order valence-corrected chi connectivity index (χ2v) is 4.65. The molecule has 0 bridgehead atoms. The summed E-state index contributed by atoms with van der Waals surface area (Å²) in [6, 6.07) is 0.497. The Bertz CT molecular complexity index is 133. The summed E-state index contributed by atoms with van der Waals surface area (Å²) in [5.41, 5.74) is 6.18. The first kappa shape index (κ1) is 11.0. The standard InChI is InChI=1S/C12H25N/c1-3-5-6-12(13)11-8-7-10(4-2)9-11/h10-12H,3-9,13H2,1-2H3. The van der Waals surface area contributed by atoms with Gasteiger partial charge in [0.25, 0.3) is 0 Å². The summed E-state index contributed by atoms with van der Waals surface area (Å²) in [5.74, 6) is 1.83. The molecule has 1 aliphatic carbocycles. The third kappa shape index (κ3) is 3.30. The minimum absolute atomic E-state index is 0.497. The van der Waals surface area contributed by atoms with E-state index in [1.165, 1.54) is 44.9 Å². The van der Waals surface area contributed by atoms with Gasteiger partial charge in [0.15, 0.2) is 0 Å². The highest BCUT2D eigenvalue weighted by Crippen LogP contribution is 2.35. The van der Waals surface area contributed by atoms with Crippen LogP contribution in [0.5, 0.6) is 0 Å². The van der Waals surface area contributed by atoms with Crippen LogP contribution in [-0.4, -0.2) is 6.04 Å². The maximum Gasteiger partial charge on any atom is 0.00672 e. The van der Waals surface area contributed by atoms with Crippen LogP contribution in [0.4, 0.5) is 0 Å². The molecule has 0 aliphatic heterocycles. The molecule has 0 amide bonds. The summed E-state index contributed by atoms with van der Waals surface area (Å²) in [6.07, 6.45) is 9.44. The van der Waals surface area contributed by atoms with E-state index in [0.717, 1.165) is 11.8 Å². The van der Waals surface area contributed by atoms with Gasteiger partial charge in [-0.25, -0.2) is 0 Å². The lowest BCUT2D eigenvalue weighted by Crippen LogP contribution is -2.28. The Balaban J connectivity index is 2.20. The van der Waals surface area contributed by atoms with Crippen molar-refractivity contribution in [3.63, 3.8) is 0 Å². The van der Waals surface area contributed by atoms with Gasteiger partial charge < -0.3 is 5.73 Å². The van der Waals surface area contributed by atoms with Crippen LogP contribution < -0.4 is 5.73 Å². The van der Waals surface area contributed by atoms with Crippen LogP contribution in [0.25, 0.3) is 0 Å². The van der Waals surface area contributed by atoms with Gasteiger partial charge >= 0.3 is 0 Å². The van der Waals surface area contributed by atoms with Crippen molar-refractivity contribution < 1.29 is 0 Å². The Morgan fingerprint density at radius 3 is 2.62 bits per heavy atom. The molecule has 2 N–H and O–H groups in total. The van der Waals surface area contributed by atoms with Crippen LogP contribution in [0.2, 0.25) is 0 Å². The highest BCUT2D eigenvalue weighted by Gasteiger charge is 2.27. The minimum Gasteiger partial charge on any atom is -0.327 e.